The van der Waals surface area contributed by atoms with Crippen LogP contribution in [-0.4, -0.2) is 24.5 Å². The van der Waals surface area contributed by atoms with Crippen LogP contribution in [0.15, 0.2) is 58.6 Å². The van der Waals surface area contributed by atoms with Crippen LogP contribution in [0, 0.1) is 12.3 Å². The average molecular weight is 425 g/mol. The number of terminal acetylenes is 1. The first-order valence-electron chi connectivity index (χ1n) is 7.83. The number of ether oxygens (including phenoxy) is 1. The topological polar surface area (TPSA) is 75.7 Å². The highest BCUT2D eigenvalue weighted by Gasteiger charge is 2.36. The molecule has 2 aromatic rings. The zero-order valence-electron chi connectivity index (χ0n) is 13.9. The van der Waals surface area contributed by atoms with E-state index >= 15 is 0 Å². The fourth-order valence-electron chi connectivity index (χ4n) is 2.46. The number of rotatable bonds is 4. The molecule has 0 aliphatic carbocycles. The van der Waals surface area contributed by atoms with Gasteiger partial charge in [0.1, 0.15) is 17.9 Å². The van der Waals surface area contributed by atoms with Crippen LogP contribution in [0.4, 0.5) is 10.5 Å². The van der Waals surface area contributed by atoms with Gasteiger partial charge < -0.3 is 4.74 Å². The number of anilines is 1. The summed E-state index contributed by atoms with van der Waals surface area (Å²) in [5.74, 6) is 1.49. The van der Waals surface area contributed by atoms with E-state index in [9.17, 15) is 14.4 Å². The van der Waals surface area contributed by atoms with E-state index in [-0.39, 0.29) is 12.2 Å². The molecule has 0 aromatic heterocycles. The predicted octanol–water partition coefficient (Wildman–Crippen LogP) is 3.13. The maximum Gasteiger partial charge on any atom is 0.335 e. The Balaban J connectivity index is 1.91. The van der Waals surface area contributed by atoms with Gasteiger partial charge >= 0.3 is 6.03 Å². The van der Waals surface area contributed by atoms with Crippen molar-refractivity contribution >= 4 is 45.5 Å². The van der Waals surface area contributed by atoms with Crippen molar-refractivity contribution < 1.29 is 19.1 Å². The van der Waals surface area contributed by atoms with Gasteiger partial charge in [-0.2, -0.15) is 0 Å². The number of barbiturate groups is 1. The second-order valence-corrected chi connectivity index (χ2v) is 6.42. The third kappa shape index (κ3) is 4.07. The number of nitrogens with zero attached hydrogens (tertiary/aromatic N) is 1. The van der Waals surface area contributed by atoms with Crippen LogP contribution in [0.25, 0.3) is 6.08 Å². The van der Waals surface area contributed by atoms with Crippen molar-refractivity contribution in [2.24, 2.45) is 0 Å². The average Bonchev–Trinajstić information content (AvgIpc) is 2.64. The molecule has 1 fully saturated rings. The lowest BCUT2D eigenvalue weighted by Crippen LogP contribution is -2.54. The molecule has 0 spiro atoms. The van der Waals surface area contributed by atoms with E-state index in [0.29, 0.717) is 21.5 Å². The molecule has 134 valence electrons. The van der Waals surface area contributed by atoms with Crippen LogP contribution in [-0.2, 0) is 9.59 Å². The monoisotopic (exact) mass is 424 g/mol. The van der Waals surface area contributed by atoms with Crippen LogP contribution < -0.4 is 15.0 Å². The molecule has 0 atom stereocenters. The van der Waals surface area contributed by atoms with E-state index < -0.39 is 17.8 Å². The van der Waals surface area contributed by atoms with Crippen LogP contribution in [0.2, 0.25) is 0 Å². The Morgan fingerprint density at radius 1 is 1.15 bits per heavy atom. The van der Waals surface area contributed by atoms with E-state index in [1.54, 1.807) is 48.5 Å². The van der Waals surface area contributed by atoms with Crippen LogP contribution >= 0.6 is 15.9 Å². The lowest BCUT2D eigenvalue weighted by Gasteiger charge is -2.26. The summed E-state index contributed by atoms with van der Waals surface area (Å²) in [5.41, 5.74) is 0.806. The largest absolute Gasteiger partial charge is 0.481 e. The van der Waals surface area contributed by atoms with Crippen molar-refractivity contribution in [3.05, 3.63) is 64.1 Å². The van der Waals surface area contributed by atoms with Gasteiger partial charge in [-0.05, 0) is 42.0 Å². The fourth-order valence-corrected chi connectivity index (χ4v) is 2.85. The minimum Gasteiger partial charge on any atom is -0.481 e. The van der Waals surface area contributed by atoms with E-state index in [4.69, 9.17) is 11.2 Å². The smallest absolute Gasteiger partial charge is 0.335 e. The van der Waals surface area contributed by atoms with Gasteiger partial charge in [-0.1, -0.05) is 40.0 Å². The maximum atomic E-state index is 12.8. The number of benzene rings is 2. The first kappa shape index (κ1) is 18.4. The number of carbonyl (C=O) groups excluding carboxylic acids is 3. The Hall–Kier alpha value is -3.37. The lowest BCUT2D eigenvalue weighted by atomic mass is 10.1. The Kier molecular flexibility index (Phi) is 5.38. The van der Waals surface area contributed by atoms with Crippen molar-refractivity contribution in [2.45, 2.75) is 0 Å². The highest BCUT2D eigenvalue weighted by atomic mass is 79.9. The molecule has 1 N–H and O–H groups in total. The van der Waals surface area contributed by atoms with Crippen molar-refractivity contribution in [3.8, 4) is 18.1 Å². The van der Waals surface area contributed by atoms with E-state index in [2.05, 4.69) is 27.2 Å². The Bertz CT molecular complexity index is 990. The molecule has 0 unspecified atom stereocenters. The lowest BCUT2D eigenvalue weighted by molar-refractivity contribution is -0.122. The zero-order valence-corrected chi connectivity index (χ0v) is 15.5. The molecule has 1 heterocycles. The highest BCUT2D eigenvalue weighted by molar-refractivity contribution is 9.10. The molecule has 2 aromatic carbocycles. The molecular formula is C20H13BrN2O4. The van der Waals surface area contributed by atoms with Crippen LogP contribution in [0.1, 0.15) is 5.56 Å². The van der Waals surface area contributed by atoms with Gasteiger partial charge in [-0.25, -0.2) is 9.69 Å². The molecule has 1 saturated heterocycles. The summed E-state index contributed by atoms with van der Waals surface area (Å²) in [4.78, 5) is 38.0. The van der Waals surface area contributed by atoms with Crippen LogP contribution in [0.3, 0.4) is 0 Å². The van der Waals surface area contributed by atoms with Gasteiger partial charge in [-0.3, -0.25) is 14.9 Å². The van der Waals surface area contributed by atoms with Gasteiger partial charge in [0.25, 0.3) is 11.8 Å². The molecule has 3 rings (SSSR count). The van der Waals surface area contributed by atoms with Gasteiger partial charge in [0, 0.05) is 4.47 Å². The van der Waals surface area contributed by atoms with Gasteiger partial charge in [0.2, 0.25) is 0 Å². The molecular weight excluding hydrogens is 412 g/mol. The van der Waals surface area contributed by atoms with Crippen molar-refractivity contribution in [3.63, 3.8) is 0 Å². The summed E-state index contributed by atoms with van der Waals surface area (Å²) in [6.45, 7) is 0.144. The summed E-state index contributed by atoms with van der Waals surface area (Å²) in [6.07, 6.45) is 6.56. The van der Waals surface area contributed by atoms with Crippen molar-refractivity contribution in [1.29, 1.82) is 0 Å². The van der Waals surface area contributed by atoms with Crippen molar-refractivity contribution in [2.75, 3.05) is 11.5 Å². The number of hydrogen-bond donors (Lipinski definition) is 1. The summed E-state index contributed by atoms with van der Waals surface area (Å²) in [7, 11) is 0. The molecule has 0 saturated carbocycles. The summed E-state index contributed by atoms with van der Waals surface area (Å²) >= 11 is 3.30. The number of imide groups is 2. The molecule has 27 heavy (non-hydrogen) atoms. The van der Waals surface area contributed by atoms with Gasteiger partial charge in [0.15, 0.2) is 0 Å². The van der Waals surface area contributed by atoms with E-state index in [1.165, 1.54) is 6.08 Å². The Morgan fingerprint density at radius 3 is 2.56 bits per heavy atom. The minimum absolute atomic E-state index is 0.144. The fraction of sp³-hybridized carbons (Fsp3) is 0.0500. The van der Waals surface area contributed by atoms with Gasteiger partial charge in [0.05, 0.1) is 5.69 Å². The Labute approximate surface area is 163 Å². The summed E-state index contributed by atoms with van der Waals surface area (Å²) in [6, 6.07) is 12.6. The maximum absolute atomic E-state index is 12.8. The SMILES string of the molecule is C#CCOc1ccc(/C=C2\C(=O)NC(=O)N(c3cccc(Br)c3)C2=O)cc1. The predicted molar refractivity (Wildman–Crippen MR) is 104 cm³/mol. The number of nitrogens with one attached hydrogen (secondary N) is 1. The first-order valence-corrected chi connectivity index (χ1v) is 8.62. The first-order chi connectivity index (χ1) is 13.0. The second-order valence-electron chi connectivity index (χ2n) is 5.50. The number of hydrogen-bond acceptors (Lipinski definition) is 4. The zero-order chi connectivity index (χ0) is 19.4. The quantitative estimate of drug-likeness (QED) is 0.464. The number of halogens is 1. The summed E-state index contributed by atoms with van der Waals surface area (Å²) in [5, 5.41) is 2.18. The molecule has 6 nitrogen and oxygen atoms in total. The second kappa shape index (κ2) is 7.89. The Morgan fingerprint density at radius 2 is 1.89 bits per heavy atom. The summed E-state index contributed by atoms with van der Waals surface area (Å²) < 4.78 is 5.98. The van der Waals surface area contributed by atoms with E-state index in [1.807, 2.05) is 0 Å². The highest BCUT2D eigenvalue weighted by Crippen LogP contribution is 2.25. The third-order valence-electron chi connectivity index (χ3n) is 3.68. The molecule has 7 heteroatoms. The normalized spacial score (nSPS) is 15.5. The molecule has 4 amide bonds. The van der Waals surface area contributed by atoms with Crippen LogP contribution in [0.5, 0.6) is 5.75 Å². The molecule has 0 bridgehead atoms. The van der Waals surface area contributed by atoms with Gasteiger partial charge in [-0.15, -0.1) is 6.42 Å². The molecule has 1 aliphatic heterocycles. The number of urea groups is 1. The standard InChI is InChI=1S/C20H13BrN2O4/c1-2-10-27-16-8-6-13(7-9-16)11-17-18(24)22-20(26)23(19(17)25)15-5-3-4-14(21)12-15/h1,3-9,11-12H,10H2,(H,22,24,26)/b17-11+. The number of carbonyl (C=O) groups is 3. The molecule has 0 radical (unpaired) electrons. The molecule has 1 aliphatic rings. The number of amides is 4. The third-order valence-corrected chi connectivity index (χ3v) is 4.17. The minimum atomic E-state index is -0.793. The van der Waals surface area contributed by atoms with E-state index in [0.717, 1.165) is 4.90 Å². The van der Waals surface area contributed by atoms with Crippen molar-refractivity contribution in [1.82, 2.24) is 5.32 Å².